The van der Waals surface area contributed by atoms with Gasteiger partial charge in [-0.25, -0.2) is 0 Å². The van der Waals surface area contributed by atoms with Crippen LogP contribution in [0, 0.1) is 0 Å². The molecule has 0 saturated heterocycles. The summed E-state index contributed by atoms with van der Waals surface area (Å²) in [5.74, 6) is 0.984. The van der Waals surface area contributed by atoms with Gasteiger partial charge in [0, 0.05) is 12.5 Å². The first-order valence-corrected chi connectivity index (χ1v) is 6.16. The maximum atomic E-state index is 6.07. The Labute approximate surface area is 102 Å². The Bertz CT molecular complexity index is 408. The van der Waals surface area contributed by atoms with E-state index in [4.69, 9.17) is 10.2 Å². The molecule has 0 amide bonds. The summed E-state index contributed by atoms with van der Waals surface area (Å²) in [4.78, 5) is 0. The molecule has 2 nitrogen and oxygen atoms in total. The standard InChI is InChI=1S/C15H19NO/c16-14(12-15-10-5-11-17-15)9-4-8-13-6-2-1-3-7-13/h1-3,5-7,10-11,14H,4,8-9,12,16H2. The van der Waals surface area contributed by atoms with Gasteiger partial charge in [0.25, 0.3) is 0 Å². The number of nitrogens with two attached hydrogens (primary N) is 1. The molecule has 90 valence electrons. The minimum absolute atomic E-state index is 0.199. The molecule has 0 aliphatic rings. The lowest BCUT2D eigenvalue weighted by atomic mass is 10.0. The van der Waals surface area contributed by atoms with Crippen molar-refractivity contribution in [1.29, 1.82) is 0 Å². The van der Waals surface area contributed by atoms with Crippen LogP contribution in [0.15, 0.2) is 53.1 Å². The van der Waals surface area contributed by atoms with Gasteiger partial charge in [-0.3, -0.25) is 0 Å². The number of benzene rings is 1. The van der Waals surface area contributed by atoms with Crippen LogP contribution in [-0.2, 0) is 12.8 Å². The van der Waals surface area contributed by atoms with Crippen molar-refractivity contribution in [3.8, 4) is 0 Å². The van der Waals surface area contributed by atoms with Gasteiger partial charge in [-0.05, 0) is 37.0 Å². The van der Waals surface area contributed by atoms with Gasteiger partial charge in [0.15, 0.2) is 0 Å². The molecule has 1 aromatic heterocycles. The molecule has 1 aromatic carbocycles. The number of aryl methyl sites for hydroxylation is 1. The molecule has 0 spiro atoms. The molecule has 2 heteroatoms. The molecule has 2 N–H and O–H groups in total. The zero-order valence-corrected chi connectivity index (χ0v) is 10.0. The molecule has 0 saturated carbocycles. The zero-order valence-electron chi connectivity index (χ0n) is 10.0. The van der Waals surface area contributed by atoms with E-state index < -0.39 is 0 Å². The van der Waals surface area contributed by atoms with Crippen molar-refractivity contribution in [2.24, 2.45) is 5.73 Å². The number of hydrogen-bond donors (Lipinski definition) is 1. The highest BCUT2D eigenvalue weighted by molar-refractivity contribution is 5.14. The topological polar surface area (TPSA) is 39.2 Å². The van der Waals surface area contributed by atoms with Gasteiger partial charge in [-0.15, -0.1) is 0 Å². The van der Waals surface area contributed by atoms with Crippen molar-refractivity contribution in [3.05, 3.63) is 60.1 Å². The van der Waals surface area contributed by atoms with Crippen molar-refractivity contribution in [2.75, 3.05) is 0 Å². The summed E-state index contributed by atoms with van der Waals surface area (Å²) in [6.07, 6.45) is 5.81. The lowest BCUT2D eigenvalue weighted by Crippen LogP contribution is -2.22. The Hall–Kier alpha value is -1.54. The van der Waals surface area contributed by atoms with Gasteiger partial charge in [0.2, 0.25) is 0 Å². The first-order valence-electron chi connectivity index (χ1n) is 6.16. The van der Waals surface area contributed by atoms with E-state index in [1.807, 2.05) is 18.2 Å². The molecule has 17 heavy (non-hydrogen) atoms. The maximum absolute atomic E-state index is 6.07. The molecule has 1 unspecified atom stereocenters. The first kappa shape index (κ1) is 11.9. The van der Waals surface area contributed by atoms with Gasteiger partial charge < -0.3 is 10.2 Å². The molecule has 1 atom stereocenters. The summed E-state index contributed by atoms with van der Waals surface area (Å²) in [5.41, 5.74) is 7.46. The molecule has 0 bridgehead atoms. The van der Waals surface area contributed by atoms with Crippen LogP contribution < -0.4 is 5.73 Å². The monoisotopic (exact) mass is 229 g/mol. The molecule has 0 aliphatic carbocycles. The third-order valence-electron chi connectivity index (χ3n) is 2.93. The second-order valence-electron chi connectivity index (χ2n) is 4.42. The molecular weight excluding hydrogens is 210 g/mol. The van der Waals surface area contributed by atoms with Crippen LogP contribution >= 0.6 is 0 Å². The highest BCUT2D eigenvalue weighted by Crippen LogP contribution is 2.09. The van der Waals surface area contributed by atoms with E-state index >= 15 is 0 Å². The van der Waals surface area contributed by atoms with Gasteiger partial charge >= 0.3 is 0 Å². The maximum Gasteiger partial charge on any atom is 0.105 e. The average molecular weight is 229 g/mol. The SMILES string of the molecule is NC(CCCc1ccccc1)Cc1ccco1. The van der Waals surface area contributed by atoms with E-state index in [2.05, 4.69) is 24.3 Å². The van der Waals surface area contributed by atoms with Crippen molar-refractivity contribution in [1.82, 2.24) is 0 Å². The second kappa shape index (κ2) is 6.26. The zero-order chi connectivity index (χ0) is 11.9. The molecule has 1 heterocycles. The fourth-order valence-electron chi connectivity index (χ4n) is 2.00. The van der Waals surface area contributed by atoms with Crippen LogP contribution in [0.1, 0.15) is 24.2 Å². The minimum atomic E-state index is 0.199. The number of hydrogen-bond acceptors (Lipinski definition) is 2. The normalized spacial score (nSPS) is 12.5. The first-order chi connectivity index (χ1) is 8.34. The van der Waals surface area contributed by atoms with Crippen LogP contribution in [0.25, 0.3) is 0 Å². The Balaban J connectivity index is 1.68. The lowest BCUT2D eigenvalue weighted by molar-refractivity contribution is 0.469. The van der Waals surface area contributed by atoms with E-state index in [1.165, 1.54) is 5.56 Å². The average Bonchev–Trinajstić information content (AvgIpc) is 2.83. The Morgan fingerprint density at radius 2 is 1.88 bits per heavy atom. The molecule has 2 aromatic rings. The number of rotatable bonds is 6. The van der Waals surface area contributed by atoms with Crippen molar-refractivity contribution >= 4 is 0 Å². The number of furan rings is 1. The van der Waals surface area contributed by atoms with Crippen LogP contribution in [0.5, 0.6) is 0 Å². The highest BCUT2D eigenvalue weighted by atomic mass is 16.3. The predicted octanol–water partition coefficient (Wildman–Crippen LogP) is 3.17. The fourth-order valence-corrected chi connectivity index (χ4v) is 2.00. The highest BCUT2D eigenvalue weighted by Gasteiger charge is 2.05. The summed E-state index contributed by atoms with van der Waals surface area (Å²) in [6.45, 7) is 0. The van der Waals surface area contributed by atoms with Gasteiger partial charge in [0.05, 0.1) is 6.26 Å². The predicted molar refractivity (Wildman–Crippen MR) is 69.8 cm³/mol. The summed E-state index contributed by atoms with van der Waals surface area (Å²) in [6, 6.07) is 14.6. The molecule has 2 rings (SSSR count). The molecule has 0 radical (unpaired) electrons. The Morgan fingerprint density at radius 1 is 1.06 bits per heavy atom. The summed E-state index contributed by atoms with van der Waals surface area (Å²) in [5, 5.41) is 0. The Morgan fingerprint density at radius 3 is 2.59 bits per heavy atom. The summed E-state index contributed by atoms with van der Waals surface area (Å²) in [7, 11) is 0. The third kappa shape index (κ3) is 4.08. The smallest absolute Gasteiger partial charge is 0.105 e. The largest absolute Gasteiger partial charge is 0.469 e. The fraction of sp³-hybridized carbons (Fsp3) is 0.333. The van der Waals surface area contributed by atoms with Crippen LogP contribution in [0.3, 0.4) is 0 Å². The van der Waals surface area contributed by atoms with E-state index in [9.17, 15) is 0 Å². The van der Waals surface area contributed by atoms with Gasteiger partial charge in [-0.1, -0.05) is 30.3 Å². The van der Waals surface area contributed by atoms with E-state index in [1.54, 1.807) is 6.26 Å². The van der Waals surface area contributed by atoms with E-state index in [-0.39, 0.29) is 6.04 Å². The van der Waals surface area contributed by atoms with E-state index in [0.29, 0.717) is 0 Å². The van der Waals surface area contributed by atoms with Gasteiger partial charge in [-0.2, -0.15) is 0 Å². The molecule has 0 fully saturated rings. The third-order valence-corrected chi connectivity index (χ3v) is 2.93. The summed E-state index contributed by atoms with van der Waals surface area (Å²) >= 11 is 0. The minimum Gasteiger partial charge on any atom is -0.469 e. The summed E-state index contributed by atoms with van der Waals surface area (Å²) < 4.78 is 5.29. The van der Waals surface area contributed by atoms with Gasteiger partial charge in [0.1, 0.15) is 5.76 Å². The molecular formula is C15H19NO. The Kier molecular flexibility index (Phi) is 4.39. The van der Waals surface area contributed by atoms with Crippen molar-refractivity contribution in [2.45, 2.75) is 31.7 Å². The van der Waals surface area contributed by atoms with E-state index in [0.717, 1.165) is 31.4 Å². The molecule has 0 aliphatic heterocycles. The van der Waals surface area contributed by atoms with Crippen molar-refractivity contribution in [3.63, 3.8) is 0 Å². The second-order valence-corrected chi connectivity index (χ2v) is 4.42. The quantitative estimate of drug-likeness (QED) is 0.826. The lowest BCUT2D eigenvalue weighted by Gasteiger charge is -2.09. The van der Waals surface area contributed by atoms with Crippen LogP contribution in [0.4, 0.5) is 0 Å². The van der Waals surface area contributed by atoms with Crippen molar-refractivity contribution < 1.29 is 4.42 Å². The van der Waals surface area contributed by atoms with Crippen LogP contribution in [0.2, 0.25) is 0 Å². The van der Waals surface area contributed by atoms with Crippen LogP contribution in [-0.4, -0.2) is 6.04 Å².